The van der Waals surface area contributed by atoms with E-state index in [-0.39, 0.29) is 23.8 Å². The molecule has 1 saturated heterocycles. The zero-order valence-electron chi connectivity index (χ0n) is 14.4. The normalized spacial score (nSPS) is 33.7. The molecule has 1 N–H and O–H groups in total. The first kappa shape index (κ1) is 15.3. The third kappa shape index (κ3) is 2.20. The van der Waals surface area contributed by atoms with E-state index >= 15 is 0 Å². The lowest BCUT2D eigenvalue weighted by Crippen LogP contribution is -2.61. The quantitative estimate of drug-likeness (QED) is 0.932. The van der Waals surface area contributed by atoms with Crippen molar-refractivity contribution in [3.8, 4) is 0 Å². The summed E-state index contributed by atoms with van der Waals surface area (Å²) in [6.07, 6.45) is 3.77. The second-order valence-electron chi connectivity index (χ2n) is 8.19. The lowest BCUT2D eigenvalue weighted by Gasteiger charge is -2.53. The summed E-state index contributed by atoms with van der Waals surface area (Å²) in [5.41, 5.74) is 4.15. The van der Waals surface area contributed by atoms with Crippen LogP contribution in [-0.2, 0) is 12.0 Å². The van der Waals surface area contributed by atoms with Crippen LogP contribution in [0.1, 0.15) is 60.2 Å². The molecule has 3 heteroatoms. The van der Waals surface area contributed by atoms with E-state index in [0.717, 1.165) is 42.1 Å². The number of aliphatic hydroxyl groups is 1. The summed E-state index contributed by atoms with van der Waals surface area (Å²) < 4.78 is 0. The molecule has 2 fully saturated rings. The fourth-order valence-electron chi connectivity index (χ4n) is 4.78. The van der Waals surface area contributed by atoms with E-state index in [4.69, 9.17) is 0 Å². The minimum absolute atomic E-state index is 0.00904. The van der Waals surface area contributed by atoms with Crippen LogP contribution in [-0.4, -0.2) is 34.9 Å². The Morgan fingerprint density at radius 3 is 2.74 bits per heavy atom. The van der Waals surface area contributed by atoms with Crippen molar-refractivity contribution in [2.45, 2.75) is 58.1 Å². The third-order valence-corrected chi connectivity index (χ3v) is 6.78. The molecule has 0 amide bonds. The van der Waals surface area contributed by atoms with Gasteiger partial charge in [-0.1, -0.05) is 19.9 Å². The average molecular weight is 313 g/mol. The number of carbonyl (C=O) groups is 1. The van der Waals surface area contributed by atoms with Crippen LogP contribution in [0.25, 0.3) is 0 Å². The number of hydrogen-bond acceptors (Lipinski definition) is 3. The Hall–Kier alpha value is -1.19. The van der Waals surface area contributed by atoms with Gasteiger partial charge in [0.25, 0.3) is 0 Å². The first-order chi connectivity index (χ1) is 11.0. The number of Topliss-reactive ketones (excluding diaryl/α,β-unsaturated/α-hetero) is 1. The van der Waals surface area contributed by atoms with Gasteiger partial charge in [0.1, 0.15) is 0 Å². The number of nitrogens with zero attached hydrogens (tertiary/aromatic N) is 1. The van der Waals surface area contributed by atoms with Crippen LogP contribution in [0.3, 0.4) is 0 Å². The minimum atomic E-state index is 0.00904. The summed E-state index contributed by atoms with van der Waals surface area (Å²) in [4.78, 5) is 15.7. The lowest BCUT2D eigenvalue weighted by molar-refractivity contribution is 0.0265. The molecule has 3 atom stereocenters. The fourth-order valence-corrected chi connectivity index (χ4v) is 4.78. The predicted octanol–water partition coefficient (Wildman–Crippen LogP) is 3.06. The zero-order chi connectivity index (χ0) is 16.4. The predicted molar refractivity (Wildman–Crippen MR) is 90.7 cm³/mol. The number of fused-ring (bicyclic) bond motifs is 4. The van der Waals surface area contributed by atoms with Crippen LogP contribution in [0.4, 0.5) is 0 Å². The van der Waals surface area contributed by atoms with E-state index in [1.807, 2.05) is 13.0 Å². The van der Waals surface area contributed by atoms with E-state index in [0.29, 0.717) is 5.92 Å². The lowest BCUT2D eigenvalue weighted by atomic mass is 9.58. The zero-order valence-corrected chi connectivity index (χ0v) is 14.4. The second-order valence-corrected chi connectivity index (χ2v) is 8.19. The van der Waals surface area contributed by atoms with E-state index in [2.05, 4.69) is 24.8 Å². The number of likely N-dealkylation sites (tertiary alicyclic amines) is 1. The molecule has 2 aliphatic carbocycles. The van der Waals surface area contributed by atoms with Crippen molar-refractivity contribution < 1.29 is 9.90 Å². The summed E-state index contributed by atoms with van der Waals surface area (Å²) >= 11 is 0. The maximum atomic E-state index is 13.2. The maximum Gasteiger partial charge on any atom is 0.180 e. The Labute approximate surface area is 138 Å². The number of ketones is 1. The van der Waals surface area contributed by atoms with Crippen molar-refractivity contribution in [2.24, 2.45) is 11.8 Å². The van der Waals surface area contributed by atoms with Gasteiger partial charge in [0.15, 0.2) is 5.78 Å². The molecule has 0 unspecified atom stereocenters. The van der Waals surface area contributed by atoms with Crippen LogP contribution in [0.2, 0.25) is 0 Å². The first-order valence-corrected chi connectivity index (χ1v) is 8.99. The Bertz CT molecular complexity index is 664. The average Bonchev–Trinajstić information content (AvgIpc) is 3.33. The molecule has 2 bridgehead atoms. The second kappa shape index (κ2) is 5.15. The minimum Gasteiger partial charge on any atom is -0.392 e. The molecule has 124 valence electrons. The van der Waals surface area contributed by atoms with Crippen LogP contribution in [0, 0.1) is 18.8 Å². The van der Waals surface area contributed by atoms with Crippen LogP contribution >= 0.6 is 0 Å². The van der Waals surface area contributed by atoms with Gasteiger partial charge < -0.3 is 5.11 Å². The number of rotatable bonds is 3. The summed E-state index contributed by atoms with van der Waals surface area (Å²) in [6.45, 7) is 8.77. The Morgan fingerprint density at radius 2 is 2.09 bits per heavy atom. The summed E-state index contributed by atoms with van der Waals surface area (Å²) in [5, 5.41) is 9.58. The van der Waals surface area contributed by atoms with Gasteiger partial charge in [-0.2, -0.15) is 0 Å². The highest BCUT2D eigenvalue weighted by Gasteiger charge is 2.52. The van der Waals surface area contributed by atoms with Crippen molar-refractivity contribution in [1.82, 2.24) is 4.90 Å². The molecule has 0 spiro atoms. The van der Waals surface area contributed by atoms with Crippen molar-refractivity contribution >= 4 is 5.78 Å². The van der Waals surface area contributed by atoms with Gasteiger partial charge in [0.05, 0.1) is 12.6 Å². The Morgan fingerprint density at radius 1 is 1.35 bits per heavy atom. The number of aliphatic hydroxyl groups excluding tert-OH is 1. The van der Waals surface area contributed by atoms with Gasteiger partial charge in [0, 0.05) is 12.1 Å². The summed E-state index contributed by atoms with van der Waals surface area (Å²) in [7, 11) is 0. The SMILES string of the molecule is Cc1cc2c(cc1CO)C(=O)[C@@H]1[C@H](C)[C@]2(C)CCN1CC1CC1. The van der Waals surface area contributed by atoms with E-state index < -0.39 is 0 Å². The van der Waals surface area contributed by atoms with Gasteiger partial charge in [0.2, 0.25) is 0 Å². The molecule has 1 aromatic carbocycles. The maximum absolute atomic E-state index is 13.2. The largest absolute Gasteiger partial charge is 0.392 e. The molecule has 1 saturated carbocycles. The van der Waals surface area contributed by atoms with Gasteiger partial charge in [-0.05, 0) is 72.7 Å². The van der Waals surface area contributed by atoms with Gasteiger partial charge in [-0.3, -0.25) is 9.69 Å². The number of aryl methyl sites for hydroxylation is 1. The van der Waals surface area contributed by atoms with Crippen molar-refractivity contribution in [2.75, 3.05) is 13.1 Å². The highest BCUT2D eigenvalue weighted by molar-refractivity contribution is 6.04. The van der Waals surface area contributed by atoms with Gasteiger partial charge in [-0.15, -0.1) is 0 Å². The van der Waals surface area contributed by atoms with Crippen LogP contribution in [0.15, 0.2) is 12.1 Å². The standard InChI is InChI=1S/C20H27NO2/c1-12-8-17-16(9-15(12)11-22)19(23)18-13(2)20(17,3)6-7-21(18)10-14-4-5-14/h8-9,13-14,18,22H,4-7,10-11H2,1-3H3/t13-,18-,20-/m0/s1. The molecule has 4 rings (SSSR count). The number of piperidine rings is 1. The highest BCUT2D eigenvalue weighted by Crippen LogP contribution is 2.49. The van der Waals surface area contributed by atoms with Gasteiger partial charge >= 0.3 is 0 Å². The van der Waals surface area contributed by atoms with E-state index in [1.165, 1.54) is 18.4 Å². The molecule has 1 aliphatic heterocycles. The number of hydrogen-bond donors (Lipinski definition) is 1. The molecular formula is C20H27NO2. The van der Waals surface area contributed by atoms with Crippen LogP contribution in [0.5, 0.6) is 0 Å². The smallest absolute Gasteiger partial charge is 0.180 e. The number of carbonyl (C=O) groups excluding carboxylic acids is 1. The molecule has 3 aliphatic rings. The topological polar surface area (TPSA) is 40.5 Å². The molecule has 23 heavy (non-hydrogen) atoms. The Balaban J connectivity index is 1.81. The fraction of sp³-hybridized carbons (Fsp3) is 0.650. The van der Waals surface area contributed by atoms with Crippen molar-refractivity contribution in [3.05, 3.63) is 34.4 Å². The van der Waals surface area contributed by atoms with Crippen molar-refractivity contribution in [1.29, 1.82) is 0 Å². The third-order valence-electron chi connectivity index (χ3n) is 6.78. The van der Waals surface area contributed by atoms with Crippen LogP contribution < -0.4 is 0 Å². The van der Waals surface area contributed by atoms with Crippen molar-refractivity contribution in [3.63, 3.8) is 0 Å². The molecule has 3 nitrogen and oxygen atoms in total. The molecule has 1 aromatic rings. The highest BCUT2D eigenvalue weighted by atomic mass is 16.3. The Kier molecular flexibility index (Phi) is 3.44. The summed E-state index contributed by atoms with van der Waals surface area (Å²) in [6, 6.07) is 4.16. The molecule has 1 heterocycles. The first-order valence-electron chi connectivity index (χ1n) is 8.99. The molecular weight excluding hydrogens is 286 g/mol. The van der Waals surface area contributed by atoms with E-state index in [9.17, 15) is 9.90 Å². The van der Waals surface area contributed by atoms with Gasteiger partial charge in [-0.25, -0.2) is 0 Å². The monoisotopic (exact) mass is 313 g/mol. The number of benzene rings is 1. The molecule has 0 radical (unpaired) electrons. The summed E-state index contributed by atoms with van der Waals surface area (Å²) in [5.74, 6) is 1.45. The molecule has 0 aromatic heterocycles. The van der Waals surface area contributed by atoms with E-state index in [1.54, 1.807) is 0 Å².